The summed E-state index contributed by atoms with van der Waals surface area (Å²) in [6, 6.07) is 5.84. The highest BCUT2D eigenvalue weighted by Gasteiger charge is 2.51. The molecule has 1 saturated heterocycles. The summed E-state index contributed by atoms with van der Waals surface area (Å²) in [5.41, 5.74) is 0. The minimum atomic E-state index is -0.905. The molecule has 1 aromatic rings. The number of rotatable bonds is 11. The van der Waals surface area contributed by atoms with Crippen LogP contribution in [0.4, 0.5) is 4.79 Å². The summed E-state index contributed by atoms with van der Waals surface area (Å²) in [5.74, 6) is 1.73. The molecule has 0 saturated carbocycles. The van der Waals surface area contributed by atoms with Crippen molar-refractivity contribution in [1.82, 2.24) is 20.0 Å². The number of aliphatic imine (C=N–C) groups is 1. The number of benzene rings is 1. The molecule has 2 aliphatic heterocycles. The van der Waals surface area contributed by atoms with Crippen molar-refractivity contribution in [3.8, 4) is 11.5 Å². The minimum absolute atomic E-state index is 0.0242. The second-order valence-electron chi connectivity index (χ2n) is 8.18. The Morgan fingerprint density at radius 1 is 1.15 bits per heavy atom. The van der Waals surface area contributed by atoms with Gasteiger partial charge in [-0.1, -0.05) is 18.8 Å². The van der Waals surface area contributed by atoms with E-state index in [-0.39, 0.29) is 19.1 Å². The summed E-state index contributed by atoms with van der Waals surface area (Å²) in [6.07, 6.45) is -0.905. The Kier molecular flexibility index (Phi) is 8.46. The molecule has 3 amide bonds. The first-order valence-corrected chi connectivity index (χ1v) is 11.5. The second kappa shape index (κ2) is 11.3. The van der Waals surface area contributed by atoms with Crippen molar-refractivity contribution >= 4 is 23.7 Å². The number of imide groups is 1. The lowest BCUT2D eigenvalue weighted by atomic mass is 10.1. The molecule has 11 nitrogen and oxygen atoms in total. The number of hydrogen-bond donors (Lipinski definition) is 2. The van der Waals surface area contributed by atoms with Gasteiger partial charge in [0, 0.05) is 20.6 Å². The predicted octanol–water partition coefficient (Wildman–Crippen LogP) is 0.0393. The third-order valence-corrected chi connectivity index (χ3v) is 6.05. The van der Waals surface area contributed by atoms with E-state index in [2.05, 4.69) is 29.1 Å². The third-order valence-electron chi connectivity index (χ3n) is 6.05. The van der Waals surface area contributed by atoms with Crippen LogP contribution in [0.5, 0.6) is 11.5 Å². The van der Waals surface area contributed by atoms with E-state index in [4.69, 9.17) is 9.47 Å². The standard InChI is InChI=1S/C23H34N6O5/c1-6-28(7-2)13-12-24-22-25-20-19(21(31)27(4)23(32)26(20)3)29(22)14-16(30)15-34-18-10-8-17(33-5)9-11-18/h8-11,16,19,30H,6-7,12-15H2,1-5H3/p+1. The van der Waals surface area contributed by atoms with Gasteiger partial charge >= 0.3 is 12.0 Å². The quantitative estimate of drug-likeness (QED) is 0.435. The highest BCUT2D eigenvalue weighted by atomic mass is 16.5. The molecular formula is C23H35N6O5+. The fourth-order valence-corrected chi connectivity index (χ4v) is 3.94. The number of likely N-dealkylation sites (N-methyl/N-ethyl adjacent to an activating group) is 3. The topological polar surface area (TPSA) is 110 Å². The van der Waals surface area contributed by atoms with Crippen LogP contribution in [-0.4, -0.2) is 121 Å². The molecule has 3 rings (SSSR count). The summed E-state index contributed by atoms with van der Waals surface area (Å²) in [4.78, 5) is 34.7. The zero-order valence-corrected chi connectivity index (χ0v) is 20.5. The first kappa shape index (κ1) is 25.4. The normalized spacial score (nSPS) is 18.9. The number of urea groups is 1. The average Bonchev–Trinajstić information content (AvgIpc) is 3.21. The molecule has 1 fully saturated rings. The Bertz CT molecular complexity index is 944. The van der Waals surface area contributed by atoms with Crippen molar-refractivity contribution in [2.24, 2.45) is 4.99 Å². The van der Waals surface area contributed by atoms with Gasteiger partial charge < -0.3 is 19.5 Å². The Morgan fingerprint density at radius 3 is 2.41 bits per heavy atom. The van der Waals surface area contributed by atoms with Gasteiger partial charge in [-0.05, 0) is 37.4 Å². The molecule has 0 aromatic heterocycles. The maximum atomic E-state index is 13.0. The monoisotopic (exact) mass is 475 g/mol. The number of nitrogens with zero attached hydrogens (tertiary/aromatic N) is 5. The SMILES string of the molecule is CCN(CC)CCNC1=[N+](CC(O)COc2ccc(OC)cc2)C2C(=O)N(C)C(=O)N(C)C2=N1. The third kappa shape index (κ3) is 5.48. The van der Waals surface area contributed by atoms with Crippen LogP contribution < -0.4 is 14.8 Å². The summed E-state index contributed by atoms with van der Waals surface area (Å²) in [6.45, 7) is 7.58. The number of nitrogens with one attached hydrogen (secondary N) is 1. The van der Waals surface area contributed by atoms with Gasteiger partial charge in [-0.15, -0.1) is 0 Å². The molecule has 186 valence electrons. The summed E-state index contributed by atoms with van der Waals surface area (Å²) in [7, 11) is 4.63. The number of aliphatic hydroxyl groups excluding tert-OH is 1. The summed E-state index contributed by atoms with van der Waals surface area (Å²) >= 11 is 0. The molecule has 11 heteroatoms. The van der Waals surface area contributed by atoms with E-state index in [0.29, 0.717) is 29.8 Å². The lowest BCUT2D eigenvalue weighted by molar-refractivity contribution is -0.545. The zero-order valence-electron chi connectivity index (χ0n) is 20.5. The number of aliphatic hydroxyl groups is 1. The van der Waals surface area contributed by atoms with E-state index in [0.717, 1.165) is 24.5 Å². The summed E-state index contributed by atoms with van der Waals surface area (Å²) in [5, 5.41) is 14.0. The van der Waals surface area contributed by atoms with E-state index in [9.17, 15) is 14.7 Å². The Hall–Kier alpha value is -3.18. The molecule has 2 N–H and O–H groups in total. The minimum Gasteiger partial charge on any atom is -0.497 e. The van der Waals surface area contributed by atoms with Crippen molar-refractivity contribution in [2.75, 3.05) is 60.5 Å². The van der Waals surface area contributed by atoms with E-state index in [1.54, 1.807) is 43.0 Å². The number of guanidine groups is 1. The van der Waals surface area contributed by atoms with Crippen LogP contribution in [0.15, 0.2) is 29.3 Å². The predicted molar refractivity (Wildman–Crippen MR) is 128 cm³/mol. The smallest absolute Gasteiger partial charge is 0.390 e. The maximum Gasteiger partial charge on any atom is 0.390 e. The molecule has 0 bridgehead atoms. The first-order valence-electron chi connectivity index (χ1n) is 11.5. The highest BCUT2D eigenvalue weighted by Crippen LogP contribution is 2.20. The van der Waals surface area contributed by atoms with Crippen molar-refractivity contribution in [3.05, 3.63) is 24.3 Å². The molecule has 0 spiro atoms. The number of amides is 3. The Balaban J connectivity index is 1.74. The first-order chi connectivity index (χ1) is 16.3. The van der Waals surface area contributed by atoms with Gasteiger partial charge in [0.15, 0.2) is 0 Å². The number of carbonyl (C=O) groups excluding carboxylic acids is 2. The molecule has 2 aliphatic rings. The van der Waals surface area contributed by atoms with Gasteiger partial charge in [0.1, 0.15) is 24.2 Å². The van der Waals surface area contributed by atoms with Crippen molar-refractivity contribution in [3.63, 3.8) is 0 Å². The van der Waals surface area contributed by atoms with E-state index < -0.39 is 18.2 Å². The Morgan fingerprint density at radius 2 is 1.79 bits per heavy atom. The number of β-amino-alcohol motifs (C(OH)–C–C–N with tert-alkyl or cyclic N) is 1. The van der Waals surface area contributed by atoms with Crippen LogP contribution in [0.25, 0.3) is 0 Å². The van der Waals surface area contributed by atoms with Gasteiger partial charge in [0.25, 0.3) is 5.91 Å². The molecule has 2 atom stereocenters. The fourth-order valence-electron chi connectivity index (χ4n) is 3.94. The number of ether oxygens (including phenoxy) is 2. The Labute approximate surface area is 200 Å². The van der Waals surface area contributed by atoms with Crippen LogP contribution in [0.1, 0.15) is 13.8 Å². The average molecular weight is 476 g/mol. The van der Waals surface area contributed by atoms with Gasteiger partial charge in [0.2, 0.25) is 11.9 Å². The summed E-state index contributed by atoms with van der Waals surface area (Å²) < 4.78 is 12.6. The number of methoxy groups -OCH3 is 1. The van der Waals surface area contributed by atoms with E-state index >= 15 is 0 Å². The van der Waals surface area contributed by atoms with Crippen LogP contribution in [0.3, 0.4) is 0 Å². The van der Waals surface area contributed by atoms with Crippen LogP contribution >= 0.6 is 0 Å². The number of carbonyl (C=O) groups is 2. The van der Waals surface area contributed by atoms with Gasteiger partial charge in [0.05, 0.1) is 20.2 Å². The second-order valence-corrected chi connectivity index (χ2v) is 8.18. The molecule has 0 radical (unpaired) electrons. The van der Waals surface area contributed by atoms with Gasteiger partial charge in [-0.3, -0.25) is 19.9 Å². The molecule has 1 aromatic carbocycles. The molecular weight excluding hydrogens is 440 g/mol. The number of fused-ring (bicyclic) bond motifs is 1. The van der Waals surface area contributed by atoms with E-state index in [1.165, 1.54) is 11.9 Å². The van der Waals surface area contributed by atoms with Crippen molar-refractivity contribution < 1.29 is 28.7 Å². The van der Waals surface area contributed by atoms with E-state index in [1.807, 2.05) is 0 Å². The molecule has 34 heavy (non-hydrogen) atoms. The zero-order chi connectivity index (χ0) is 24.8. The van der Waals surface area contributed by atoms with Gasteiger partial charge in [-0.25, -0.2) is 9.37 Å². The van der Waals surface area contributed by atoms with Gasteiger partial charge in [-0.2, -0.15) is 0 Å². The van der Waals surface area contributed by atoms with Crippen LogP contribution in [0.2, 0.25) is 0 Å². The maximum absolute atomic E-state index is 13.0. The van der Waals surface area contributed by atoms with Crippen LogP contribution in [0, 0.1) is 0 Å². The molecule has 2 heterocycles. The van der Waals surface area contributed by atoms with Crippen LogP contribution in [-0.2, 0) is 4.79 Å². The number of hydrogen-bond acceptors (Lipinski definition) is 8. The fraction of sp³-hybridized carbons (Fsp3) is 0.565. The number of amidine groups is 1. The lowest BCUT2D eigenvalue weighted by Crippen LogP contribution is -2.62. The largest absolute Gasteiger partial charge is 0.497 e. The molecule has 2 unspecified atom stereocenters. The molecule has 0 aliphatic carbocycles. The van der Waals surface area contributed by atoms with Crippen molar-refractivity contribution in [1.29, 1.82) is 0 Å². The van der Waals surface area contributed by atoms with Crippen molar-refractivity contribution in [2.45, 2.75) is 26.0 Å². The highest BCUT2D eigenvalue weighted by molar-refractivity contribution is 6.22. The lowest BCUT2D eigenvalue weighted by Gasteiger charge is -2.32.